The third kappa shape index (κ3) is 3.30. The molecule has 1 aliphatic rings. The van der Waals surface area contributed by atoms with Gasteiger partial charge in [-0.1, -0.05) is 19.1 Å². The van der Waals surface area contributed by atoms with Crippen molar-refractivity contribution in [3.8, 4) is 0 Å². The van der Waals surface area contributed by atoms with Crippen LogP contribution in [0.15, 0.2) is 24.3 Å². The first-order valence-electron chi connectivity index (χ1n) is 6.67. The van der Waals surface area contributed by atoms with E-state index in [2.05, 4.69) is 12.2 Å². The topological polar surface area (TPSA) is 32.3 Å². The molecule has 2 N–H and O–H groups in total. The maximum atomic E-state index is 12.9. The molecule has 0 amide bonds. The summed E-state index contributed by atoms with van der Waals surface area (Å²) < 4.78 is 12.9. The zero-order valence-corrected chi connectivity index (χ0v) is 11.1. The van der Waals surface area contributed by atoms with Crippen LogP contribution in [0.5, 0.6) is 0 Å². The van der Waals surface area contributed by atoms with Crippen molar-refractivity contribution in [1.29, 1.82) is 0 Å². The Morgan fingerprint density at radius 3 is 2.67 bits per heavy atom. The SMILES string of the molecule is CC1CCNC(C(C)(O)Cc2ccc(F)cc2)C1. The van der Waals surface area contributed by atoms with Gasteiger partial charge in [0.15, 0.2) is 0 Å². The van der Waals surface area contributed by atoms with Gasteiger partial charge in [0.2, 0.25) is 0 Å². The lowest BCUT2D eigenvalue weighted by molar-refractivity contribution is 0.00336. The van der Waals surface area contributed by atoms with E-state index < -0.39 is 5.60 Å². The molecule has 18 heavy (non-hydrogen) atoms. The van der Waals surface area contributed by atoms with E-state index in [0.29, 0.717) is 12.3 Å². The van der Waals surface area contributed by atoms with Crippen LogP contribution >= 0.6 is 0 Å². The fourth-order valence-corrected chi connectivity index (χ4v) is 2.72. The third-order valence-electron chi connectivity index (χ3n) is 3.89. The summed E-state index contributed by atoms with van der Waals surface area (Å²) in [6.45, 7) is 5.05. The smallest absolute Gasteiger partial charge is 0.123 e. The molecule has 2 nitrogen and oxygen atoms in total. The Labute approximate surface area is 108 Å². The number of nitrogens with one attached hydrogen (secondary N) is 1. The summed E-state index contributed by atoms with van der Waals surface area (Å²) in [5.41, 5.74) is 0.188. The molecular weight excluding hydrogens is 229 g/mol. The number of hydrogen-bond acceptors (Lipinski definition) is 2. The van der Waals surface area contributed by atoms with Gasteiger partial charge in [-0.15, -0.1) is 0 Å². The van der Waals surface area contributed by atoms with Gasteiger partial charge in [0.25, 0.3) is 0 Å². The van der Waals surface area contributed by atoms with E-state index in [1.807, 2.05) is 6.92 Å². The second-order valence-electron chi connectivity index (χ2n) is 5.80. The van der Waals surface area contributed by atoms with Crippen LogP contribution in [0.25, 0.3) is 0 Å². The van der Waals surface area contributed by atoms with Crippen molar-refractivity contribution in [3.05, 3.63) is 35.6 Å². The Bertz CT molecular complexity index is 388. The van der Waals surface area contributed by atoms with E-state index in [9.17, 15) is 9.50 Å². The predicted octanol–water partition coefficient (Wildman–Crippen LogP) is 2.51. The molecule has 1 aromatic carbocycles. The lowest BCUT2D eigenvalue weighted by atomic mass is 9.81. The summed E-state index contributed by atoms with van der Waals surface area (Å²) in [6.07, 6.45) is 2.72. The van der Waals surface area contributed by atoms with Gasteiger partial charge < -0.3 is 10.4 Å². The van der Waals surface area contributed by atoms with Crippen molar-refractivity contribution in [2.75, 3.05) is 6.54 Å². The summed E-state index contributed by atoms with van der Waals surface area (Å²) in [4.78, 5) is 0. The van der Waals surface area contributed by atoms with Gasteiger partial charge in [-0.3, -0.25) is 0 Å². The van der Waals surface area contributed by atoms with Crippen molar-refractivity contribution in [2.24, 2.45) is 5.92 Å². The normalized spacial score (nSPS) is 27.8. The van der Waals surface area contributed by atoms with E-state index in [-0.39, 0.29) is 11.9 Å². The Hall–Kier alpha value is -0.930. The van der Waals surface area contributed by atoms with E-state index in [1.165, 1.54) is 18.6 Å². The lowest BCUT2D eigenvalue weighted by Crippen LogP contribution is -2.53. The molecule has 3 unspecified atom stereocenters. The van der Waals surface area contributed by atoms with E-state index >= 15 is 0 Å². The fraction of sp³-hybridized carbons (Fsp3) is 0.600. The van der Waals surface area contributed by atoms with Crippen LogP contribution in [-0.2, 0) is 6.42 Å². The average molecular weight is 251 g/mol. The number of halogens is 1. The van der Waals surface area contributed by atoms with E-state index in [4.69, 9.17) is 0 Å². The zero-order chi connectivity index (χ0) is 13.2. The van der Waals surface area contributed by atoms with Crippen LogP contribution in [0.1, 0.15) is 32.3 Å². The van der Waals surface area contributed by atoms with Gasteiger partial charge in [-0.05, 0) is 49.9 Å². The van der Waals surface area contributed by atoms with Crippen LogP contribution in [0.4, 0.5) is 4.39 Å². The first kappa shape index (κ1) is 13.5. The molecule has 2 rings (SSSR count). The van der Waals surface area contributed by atoms with Gasteiger partial charge in [-0.2, -0.15) is 0 Å². The van der Waals surface area contributed by atoms with Crippen molar-refractivity contribution in [3.63, 3.8) is 0 Å². The highest BCUT2D eigenvalue weighted by Crippen LogP contribution is 2.26. The van der Waals surface area contributed by atoms with Crippen LogP contribution in [0.2, 0.25) is 0 Å². The molecule has 1 heterocycles. The number of benzene rings is 1. The highest BCUT2D eigenvalue weighted by Gasteiger charge is 2.34. The summed E-state index contributed by atoms with van der Waals surface area (Å²) in [5.74, 6) is 0.416. The average Bonchev–Trinajstić information content (AvgIpc) is 2.32. The maximum absolute atomic E-state index is 12.9. The molecule has 0 spiro atoms. The molecule has 1 aliphatic heterocycles. The van der Waals surface area contributed by atoms with Crippen LogP contribution in [0.3, 0.4) is 0 Å². The highest BCUT2D eigenvalue weighted by molar-refractivity contribution is 5.19. The van der Waals surface area contributed by atoms with Crippen LogP contribution in [-0.4, -0.2) is 23.3 Å². The van der Waals surface area contributed by atoms with Gasteiger partial charge >= 0.3 is 0 Å². The van der Waals surface area contributed by atoms with Crippen molar-refractivity contribution in [1.82, 2.24) is 5.32 Å². The minimum absolute atomic E-state index is 0.117. The standard InChI is InChI=1S/C15H22FNO/c1-11-7-8-17-14(9-11)15(2,18)10-12-3-5-13(16)6-4-12/h3-6,11,14,17-18H,7-10H2,1-2H3. The molecule has 3 atom stereocenters. The molecule has 1 saturated heterocycles. The Morgan fingerprint density at radius 2 is 2.06 bits per heavy atom. The third-order valence-corrected chi connectivity index (χ3v) is 3.89. The largest absolute Gasteiger partial charge is 0.388 e. The molecule has 3 heteroatoms. The fourth-order valence-electron chi connectivity index (χ4n) is 2.72. The second-order valence-corrected chi connectivity index (χ2v) is 5.80. The van der Waals surface area contributed by atoms with Crippen LogP contribution in [0, 0.1) is 11.7 Å². The molecule has 0 aliphatic carbocycles. The molecular formula is C15H22FNO. The molecule has 0 saturated carbocycles. The molecule has 0 bridgehead atoms. The minimum atomic E-state index is -0.785. The number of rotatable bonds is 3. The second kappa shape index (κ2) is 5.37. The van der Waals surface area contributed by atoms with Gasteiger partial charge in [-0.25, -0.2) is 4.39 Å². The maximum Gasteiger partial charge on any atom is 0.123 e. The molecule has 1 fully saturated rings. The summed E-state index contributed by atoms with van der Waals surface area (Å²) in [5, 5.41) is 14.0. The first-order chi connectivity index (χ1) is 8.47. The zero-order valence-electron chi connectivity index (χ0n) is 11.1. The predicted molar refractivity (Wildman–Crippen MR) is 70.9 cm³/mol. The van der Waals surface area contributed by atoms with Gasteiger partial charge in [0.05, 0.1) is 5.60 Å². The number of piperidine rings is 1. The highest BCUT2D eigenvalue weighted by atomic mass is 19.1. The summed E-state index contributed by atoms with van der Waals surface area (Å²) in [6, 6.07) is 6.50. The minimum Gasteiger partial charge on any atom is -0.388 e. The summed E-state index contributed by atoms with van der Waals surface area (Å²) >= 11 is 0. The molecule has 0 aromatic heterocycles. The molecule has 0 radical (unpaired) electrons. The monoisotopic (exact) mass is 251 g/mol. The number of hydrogen-bond donors (Lipinski definition) is 2. The number of aliphatic hydroxyl groups is 1. The lowest BCUT2D eigenvalue weighted by Gasteiger charge is -2.38. The Morgan fingerprint density at radius 1 is 1.39 bits per heavy atom. The molecule has 100 valence electrons. The van der Waals surface area contributed by atoms with Crippen molar-refractivity contribution < 1.29 is 9.50 Å². The van der Waals surface area contributed by atoms with Crippen molar-refractivity contribution in [2.45, 2.75) is 44.8 Å². The van der Waals surface area contributed by atoms with Crippen molar-refractivity contribution >= 4 is 0 Å². The van der Waals surface area contributed by atoms with E-state index in [1.54, 1.807) is 12.1 Å². The Balaban J connectivity index is 2.03. The molecule has 1 aromatic rings. The van der Waals surface area contributed by atoms with Crippen LogP contribution < -0.4 is 5.32 Å². The quantitative estimate of drug-likeness (QED) is 0.865. The van der Waals surface area contributed by atoms with E-state index in [0.717, 1.165) is 18.5 Å². The Kier molecular flexibility index (Phi) is 4.03. The summed E-state index contributed by atoms with van der Waals surface area (Å²) in [7, 11) is 0. The van der Waals surface area contributed by atoms with Gasteiger partial charge in [0, 0.05) is 12.5 Å². The van der Waals surface area contributed by atoms with Gasteiger partial charge in [0.1, 0.15) is 5.82 Å². The first-order valence-corrected chi connectivity index (χ1v) is 6.67.